The van der Waals surface area contributed by atoms with E-state index in [0.717, 1.165) is 0 Å². The van der Waals surface area contributed by atoms with Crippen molar-refractivity contribution in [1.82, 2.24) is 5.48 Å². The maximum absolute atomic E-state index is 12.6. The van der Waals surface area contributed by atoms with Gasteiger partial charge in [-0.3, -0.25) is 0 Å². The lowest BCUT2D eigenvalue weighted by Gasteiger charge is -2.26. The van der Waals surface area contributed by atoms with Gasteiger partial charge in [0.2, 0.25) is 9.84 Å². The lowest BCUT2D eigenvalue weighted by atomic mass is 10.2. The van der Waals surface area contributed by atoms with Gasteiger partial charge in [0, 0.05) is 6.07 Å². The molecule has 1 unspecified atom stereocenters. The average Bonchev–Trinajstić information content (AvgIpc) is 2.60. The fourth-order valence-corrected chi connectivity index (χ4v) is 3.57. The zero-order chi connectivity index (χ0) is 16.3. The van der Waals surface area contributed by atoms with Crippen molar-refractivity contribution in [1.29, 1.82) is 0 Å². The van der Waals surface area contributed by atoms with Crippen LogP contribution in [0.1, 0.15) is 0 Å². The molecule has 0 saturated carbocycles. The van der Waals surface area contributed by atoms with E-state index in [9.17, 15) is 8.42 Å². The molecule has 1 atom stereocenters. The van der Waals surface area contributed by atoms with Gasteiger partial charge in [0.05, 0.1) is 23.4 Å². The van der Waals surface area contributed by atoms with E-state index in [1.54, 1.807) is 36.4 Å². The molecule has 23 heavy (non-hydrogen) atoms. The third-order valence-electron chi connectivity index (χ3n) is 3.45. The van der Waals surface area contributed by atoms with Crippen LogP contribution in [0.4, 0.5) is 0 Å². The highest BCUT2D eigenvalue weighted by Gasteiger charge is 2.24. The SMILES string of the molecule is CONCC1COc2ccc(S(=O)(=O)c3ccccc3)cc2O1. The van der Waals surface area contributed by atoms with Gasteiger partial charge in [0.25, 0.3) is 0 Å². The van der Waals surface area contributed by atoms with Crippen LogP contribution in [0.15, 0.2) is 58.3 Å². The molecular formula is C16H17NO5S. The van der Waals surface area contributed by atoms with Crippen molar-refractivity contribution in [3.63, 3.8) is 0 Å². The lowest BCUT2D eigenvalue weighted by Crippen LogP contribution is -2.38. The van der Waals surface area contributed by atoms with Crippen LogP contribution in [-0.2, 0) is 14.7 Å². The smallest absolute Gasteiger partial charge is 0.206 e. The fraction of sp³-hybridized carbons (Fsp3) is 0.250. The first-order chi connectivity index (χ1) is 11.1. The number of ether oxygens (including phenoxy) is 2. The van der Waals surface area contributed by atoms with Gasteiger partial charge in [-0.25, -0.2) is 8.42 Å². The van der Waals surface area contributed by atoms with E-state index in [-0.39, 0.29) is 15.9 Å². The normalized spacial score (nSPS) is 17.0. The van der Waals surface area contributed by atoms with E-state index >= 15 is 0 Å². The molecule has 0 radical (unpaired) electrons. The Kier molecular flexibility index (Phi) is 4.51. The van der Waals surface area contributed by atoms with Crippen molar-refractivity contribution >= 4 is 9.84 Å². The van der Waals surface area contributed by atoms with Crippen molar-refractivity contribution in [2.24, 2.45) is 0 Å². The predicted molar refractivity (Wildman–Crippen MR) is 83.3 cm³/mol. The molecule has 1 aliphatic heterocycles. The van der Waals surface area contributed by atoms with Gasteiger partial charge < -0.3 is 14.3 Å². The molecule has 1 heterocycles. The van der Waals surface area contributed by atoms with E-state index in [4.69, 9.17) is 14.3 Å². The van der Waals surface area contributed by atoms with Crippen molar-refractivity contribution in [2.45, 2.75) is 15.9 Å². The van der Waals surface area contributed by atoms with E-state index in [2.05, 4.69) is 5.48 Å². The van der Waals surface area contributed by atoms with Crippen LogP contribution in [0, 0.1) is 0 Å². The summed E-state index contributed by atoms with van der Waals surface area (Å²) < 4.78 is 36.7. The maximum Gasteiger partial charge on any atom is 0.206 e. The molecular weight excluding hydrogens is 318 g/mol. The van der Waals surface area contributed by atoms with Gasteiger partial charge in [-0.2, -0.15) is 5.48 Å². The Morgan fingerprint density at radius 3 is 2.65 bits per heavy atom. The molecule has 6 nitrogen and oxygen atoms in total. The monoisotopic (exact) mass is 335 g/mol. The number of nitrogens with one attached hydrogen (secondary N) is 1. The summed E-state index contributed by atoms with van der Waals surface area (Å²) in [5, 5.41) is 0. The summed E-state index contributed by atoms with van der Waals surface area (Å²) in [6, 6.07) is 12.9. The number of fused-ring (bicyclic) bond motifs is 1. The Morgan fingerprint density at radius 1 is 1.13 bits per heavy atom. The van der Waals surface area contributed by atoms with Gasteiger partial charge in [-0.1, -0.05) is 18.2 Å². The van der Waals surface area contributed by atoms with Gasteiger partial charge >= 0.3 is 0 Å². The molecule has 1 aliphatic rings. The second-order valence-corrected chi connectivity index (χ2v) is 6.98. The highest BCUT2D eigenvalue weighted by Crippen LogP contribution is 2.35. The highest BCUT2D eigenvalue weighted by molar-refractivity contribution is 7.91. The van der Waals surface area contributed by atoms with Crippen LogP contribution in [0.3, 0.4) is 0 Å². The van der Waals surface area contributed by atoms with Crippen LogP contribution in [0.25, 0.3) is 0 Å². The Bertz CT molecular complexity index is 776. The molecule has 0 aromatic heterocycles. The third-order valence-corrected chi connectivity index (χ3v) is 5.22. The molecule has 0 spiro atoms. The standard InChI is InChI=1S/C16H17NO5S/c1-20-17-10-12-11-21-15-8-7-14(9-16(15)22-12)23(18,19)13-5-3-2-4-6-13/h2-9,12,17H,10-11H2,1H3. The van der Waals surface area contributed by atoms with Gasteiger partial charge in [-0.05, 0) is 24.3 Å². The molecule has 0 fully saturated rings. The number of hydroxylamine groups is 1. The Balaban J connectivity index is 1.89. The minimum Gasteiger partial charge on any atom is -0.486 e. The van der Waals surface area contributed by atoms with Crippen LogP contribution in [0.2, 0.25) is 0 Å². The van der Waals surface area contributed by atoms with E-state index in [0.29, 0.717) is 24.7 Å². The molecule has 2 aromatic carbocycles. The highest BCUT2D eigenvalue weighted by atomic mass is 32.2. The number of hydrogen-bond acceptors (Lipinski definition) is 6. The maximum atomic E-state index is 12.6. The molecule has 0 saturated heterocycles. The molecule has 7 heteroatoms. The molecule has 0 bridgehead atoms. The van der Waals surface area contributed by atoms with E-state index in [1.165, 1.54) is 19.2 Å². The summed E-state index contributed by atoms with van der Waals surface area (Å²) >= 11 is 0. The lowest BCUT2D eigenvalue weighted by molar-refractivity contribution is 0.0283. The summed E-state index contributed by atoms with van der Waals surface area (Å²) in [5.41, 5.74) is 2.70. The topological polar surface area (TPSA) is 73.9 Å². The van der Waals surface area contributed by atoms with Crippen molar-refractivity contribution in [3.05, 3.63) is 48.5 Å². The second kappa shape index (κ2) is 6.57. The Morgan fingerprint density at radius 2 is 1.91 bits per heavy atom. The first kappa shape index (κ1) is 15.8. The van der Waals surface area contributed by atoms with E-state index < -0.39 is 9.84 Å². The minimum absolute atomic E-state index is 0.173. The molecule has 122 valence electrons. The van der Waals surface area contributed by atoms with Crippen LogP contribution in [-0.4, -0.2) is 34.8 Å². The van der Waals surface area contributed by atoms with Gasteiger partial charge in [0.15, 0.2) is 11.5 Å². The van der Waals surface area contributed by atoms with Crippen LogP contribution in [0.5, 0.6) is 11.5 Å². The molecule has 2 aromatic rings. The second-order valence-electron chi connectivity index (χ2n) is 5.03. The van der Waals surface area contributed by atoms with Crippen molar-refractivity contribution < 1.29 is 22.7 Å². The summed E-state index contributed by atoms with van der Waals surface area (Å²) in [7, 11) is -2.07. The minimum atomic E-state index is -3.58. The van der Waals surface area contributed by atoms with Gasteiger partial charge in [-0.15, -0.1) is 0 Å². The quantitative estimate of drug-likeness (QED) is 0.840. The molecule has 3 rings (SSSR count). The number of sulfone groups is 1. The third kappa shape index (κ3) is 3.31. The summed E-state index contributed by atoms with van der Waals surface area (Å²) in [5.74, 6) is 0.946. The first-order valence-corrected chi connectivity index (χ1v) is 8.59. The number of rotatable bonds is 5. The number of hydrogen-bond donors (Lipinski definition) is 1. The molecule has 0 amide bonds. The van der Waals surface area contributed by atoms with Crippen molar-refractivity contribution in [3.8, 4) is 11.5 Å². The zero-order valence-corrected chi connectivity index (χ0v) is 13.4. The van der Waals surface area contributed by atoms with Crippen LogP contribution >= 0.6 is 0 Å². The Hall–Kier alpha value is -2.09. The molecule has 1 N–H and O–H groups in total. The van der Waals surface area contributed by atoms with Crippen LogP contribution < -0.4 is 15.0 Å². The average molecular weight is 335 g/mol. The first-order valence-electron chi connectivity index (χ1n) is 7.11. The number of benzene rings is 2. The fourth-order valence-electron chi connectivity index (χ4n) is 2.28. The Labute approximate surface area is 134 Å². The summed E-state index contributed by atoms with van der Waals surface area (Å²) in [4.78, 5) is 5.20. The largest absolute Gasteiger partial charge is 0.486 e. The van der Waals surface area contributed by atoms with Gasteiger partial charge in [0.1, 0.15) is 12.7 Å². The summed E-state index contributed by atoms with van der Waals surface area (Å²) in [6.07, 6.45) is -0.253. The predicted octanol–water partition coefficient (Wildman–Crippen LogP) is 1.81. The van der Waals surface area contributed by atoms with E-state index in [1.807, 2.05) is 0 Å². The molecule has 0 aliphatic carbocycles. The summed E-state index contributed by atoms with van der Waals surface area (Å²) in [6.45, 7) is 0.805. The van der Waals surface area contributed by atoms with Crippen molar-refractivity contribution in [2.75, 3.05) is 20.3 Å². The zero-order valence-electron chi connectivity index (χ0n) is 12.6.